The summed E-state index contributed by atoms with van der Waals surface area (Å²) in [7, 11) is -3.42. The molecule has 3 N–H and O–H groups in total. The minimum absolute atomic E-state index is 0. The summed E-state index contributed by atoms with van der Waals surface area (Å²) >= 11 is 3.26. The summed E-state index contributed by atoms with van der Waals surface area (Å²) < 4.78 is 27.6. The second-order valence-electron chi connectivity index (χ2n) is 6.29. The fourth-order valence-electron chi connectivity index (χ4n) is 2.54. The summed E-state index contributed by atoms with van der Waals surface area (Å²) in [6.45, 7) is 8.52. The van der Waals surface area contributed by atoms with Gasteiger partial charge in [0.05, 0.1) is 6.54 Å². The van der Waals surface area contributed by atoms with Crippen LogP contribution in [0.4, 0.5) is 0 Å². The van der Waals surface area contributed by atoms with Crippen LogP contribution in [0.25, 0.3) is 0 Å². The van der Waals surface area contributed by atoms with Crippen molar-refractivity contribution in [3.8, 4) is 0 Å². The van der Waals surface area contributed by atoms with E-state index >= 15 is 0 Å². The first kappa shape index (κ1) is 24.0. The third kappa shape index (κ3) is 7.53. The molecule has 1 atom stereocenters. The molecule has 6 nitrogen and oxygen atoms in total. The Morgan fingerprint density at radius 2 is 2.08 bits per heavy atom. The Balaban J connectivity index is 0.00000338. The average Bonchev–Trinajstić information content (AvgIpc) is 3.18. The van der Waals surface area contributed by atoms with E-state index in [1.165, 1.54) is 29.9 Å². The smallest absolute Gasteiger partial charge is 0.250 e. The topological polar surface area (TPSA) is 82.6 Å². The minimum Gasteiger partial charge on any atom is -0.357 e. The van der Waals surface area contributed by atoms with E-state index in [2.05, 4.69) is 27.3 Å². The number of aryl methyl sites for hydroxylation is 1. The lowest BCUT2D eigenvalue weighted by molar-refractivity contribution is 0.582. The normalized spacial score (nSPS) is 20.7. The molecule has 1 aliphatic heterocycles. The number of sulfonamides is 1. The number of nitrogens with one attached hydrogen (secondary N) is 3. The van der Waals surface area contributed by atoms with Gasteiger partial charge < -0.3 is 10.6 Å². The highest BCUT2D eigenvalue weighted by molar-refractivity contribution is 14.0. The number of thioether (sulfide) groups is 1. The molecule has 150 valence electrons. The van der Waals surface area contributed by atoms with Gasteiger partial charge in [-0.2, -0.15) is 11.8 Å². The number of hydrogen-bond acceptors (Lipinski definition) is 5. The van der Waals surface area contributed by atoms with Crippen LogP contribution in [0.15, 0.2) is 21.3 Å². The van der Waals surface area contributed by atoms with Crippen LogP contribution in [0.3, 0.4) is 0 Å². The molecule has 1 fully saturated rings. The van der Waals surface area contributed by atoms with Gasteiger partial charge >= 0.3 is 0 Å². The number of hydrogen-bond donors (Lipinski definition) is 3. The molecule has 1 aromatic heterocycles. The van der Waals surface area contributed by atoms with E-state index in [1.54, 1.807) is 6.07 Å². The predicted octanol–water partition coefficient (Wildman–Crippen LogP) is 2.79. The lowest BCUT2D eigenvalue weighted by Crippen LogP contribution is -2.42. The summed E-state index contributed by atoms with van der Waals surface area (Å²) in [5, 5.41) is 6.41. The van der Waals surface area contributed by atoms with Gasteiger partial charge in [0, 0.05) is 29.3 Å². The first-order valence-electron chi connectivity index (χ1n) is 8.57. The van der Waals surface area contributed by atoms with Gasteiger partial charge in [-0.05, 0) is 51.5 Å². The van der Waals surface area contributed by atoms with E-state index in [1.807, 2.05) is 31.7 Å². The van der Waals surface area contributed by atoms with Crippen LogP contribution in [0.2, 0.25) is 0 Å². The van der Waals surface area contributed by atoms with Crippen molar-refractivity contribution in [2.75, 3.05) is 31.9 Å². The zero-order valence-electron chi connectivity index (χ0n) is 15.5. The summed E-state index contributed by atoms with van der Waals surface area (Å²) in [5.41, 5.74) is 0. The number of halogens is 1. The van der Waals surface area contributed by atoms with Crippen molar-refractivity contribution in [3.63, 3.8) is 0 Å². The van der Waals surface area contributed by atoms with Gasteiger partial charge in [0.2, 0.25) is 10.0 Å². The fourth-order valence-corrected chi connectivity index (χ4v) is 6.13. The largest absolute Gasteiger partial charge is 0.357 e. The van der Waals surface area contributed by atoms with Gasteiger partial charge in [-0.25, -0.2) is 13.1 Å². The molecule has 1 saturated heterocycles. The van der Waals surface area contributed by atoms with Crippen molar-refractivity contribution in [1.29, 1.82) is 0 Å². The second-order valence-corrected chi connectivity index (χ2v) is 11.3. The molecule has 10 heteroatoms. The van der Waals surface area contributed by atoms with Gasteiger partial charge in [0.1, 0.15) is 4.21 Å². The van der Waals surface area contributed by atoms with Crippen molar-refractivity contribution < 1.29 is 8.42 Å². The Hall–Kier alpha value is -0.0400. The third-order valence-corrected chi connectivity index (χ3v) is 8.38. The Labute approximate surface area is 182 Å². The zero-order chi connectivity index (χ0) is 18.3. The molecule has 0 saturated carbocycles. The molecule has 1 aromatic rings. The quantitative estimate of drug-likeness (QED) is 0.208. The minimum atomic E-state index is -3.42. The Morgan fingerprint density at radius 1 is 1.31 bits per heavy atom. The van der Waals surface area contributed by atoms with Gasteiger partial charge in [0.25, 0.3) is 0 Å². The fraction of sp³-hybridized carbons (Fsp3) is 0.688. The molecule has 1 aliphatic rings. The number of aliphatic imine (C=N–C) groups is 1. The maximum atomic E-state index is 12.2. The molecular formula is C16H29IN4O2S3. The van der Waals surface area contributed by atoms with Crippen molar-refractivity contribution in [2.24, 2.45) is 4.99 Å². The highest BCUT2D eigenvalue weighted by Gasteiger charge is 2.29. The molecule has 2 rings (SSSR count). The highest BCUT2D eigenvalue weighted by Crippen LogP contribution is 2.37. The maximum absolute atomic E-state index is 12.2. The van der Waals surface area contributed by atoms with Crippen LogP contribution < -0.4 is 15.4 Å². The van der Waals surface area contributed by atoms with Gasteiger partial charge in [-0.3, -0.25) is 4.99 Å². The van der Waals surface area contributed by atoms with Crippen molar-refractivity contribution in [1.82, 2.24) is 15.4 Å². The Kier molecular flexibility index (Phi) is 10.2. The molecule has 0 aliphatic carbocycles. The SMILES string of the molecule is CCNC(=NCC1(C)CCCS1)NCCNS(=O)(=O)c1ccc(C)s1.I. The van der Waals surface area contributed by atoms with Crippen LogP contribution in [0, 0.1) is 6.92 Å². The molecule has 0 amide bonds. The van der Waals surface area contributed by atoms with E-state index in [4.69, 9.17) is 0 Å². The number of thiophene rings is 1. The van der Waals surface area contributed by atoms with E-state index in [-0.39, 0.29) is 28.7 Å². The van der Waals surface area contributed by atoms with Crippen molar-refractivity contribution in [2.45, 2.75) is 42.6 Å². The number of guanidine groups is 1. The first-order chi connectivity index (χ1) is 11.8. The molecule has 0 aromatic carbocycles. The molecule has 1 unspecified atom stereocenters. The maximum Gasteiger partial charge on any atom is 0.250 e. The lowest BCUT2D eigenvalue weighted by Gasteiger charge is -2.21. The average molecular weight is 533 g/mol. The van der Waals surface area contributed by atoms with Gasteiger partial charge in [-0.15, -0.1) is 35.3 Å². The number of rotatable bonds is 8. The monoisotopic (exact) mass is 532 g/mol. The van der Waals surface area contributed by atoms with E-state index < -0.39 is 10.0 Å². The van der Waals surface area contributed by atoms with Crippen LogP contribution in [-0.2, 0) is 10.0 Å². The van der Waals surface area contributed by atoms with Gasteiger partial charge in [-0.1, -0.05) is 0 Å². The van der Waals surface area contributed by atoms with Crippen LogP contribution in [0.1, 0.15) is 31.6 Å². The molecule has 2 heterocycles. The third-order valence-electron chi connectivity index (χ3n) is 3.91. The van der Waals surface area contributed by atoms with Crippen molar-refractivity contribution in [3.05, 3.63) is 17.0 Å². The van der Waals surface area contributed by atoms with Crippen LogP contribution in [0.5, 0.6) is 0 Å². The second kappa shape index (κ2) is 11.1. The van der Waals surface area contributed by atoms with Gasteiger partial charge in [0.15, 0.2) is 5.96 Å². The predicted molar refractivity (Wildman–Crippen MR) is 124 cm³/mol. The molecular weight excluding hydrogens is 503 g/mol. The van der Waals surface area contributed by atoms with E-state index in [9.17, 15) is 8.42 Å². The molecule has 26 heavy (non-hydrogen) atoms. The lowest BCUT2D eigenvalue weighted by atomic mass is 10.1. The highest BCUT2D eigenvalue weighted by atomic mass is 127. The standard InChI is InChI=1S/C16H28N4O2S3.HI/c1-4-17-15(19-12-16(3)8-5-11-23-16)18-9-10-20-25(21,22)14-7-6-13(2)24-14;/h6-7,20H,4-5,8-12H2,1-3H3,(H2,17,18,19);1H. The van der Waals surface area contributed by atoms with E-state index in [0.717, 1.165) is 23.9 Å². The summed E-state index contributed by atoms with van der Waals surface area (Å²) in [6, 6.07) is 3.45. The summed E-state index contributed by atoms with van der Waals surface area (Å²) in [4.78, 5) is 5.65. The number of nitrogens with zero attached hydrogens (tertiary/aromatic N) is 1. The molecule has 0 bridgehead atoms. The molecule has 0 radical (unpaired) electrons. The van der Waals surface area contributed by atoms with E-state index in [0.29, 0.717) is 17.3 Å². The van der Waals surface area contributed by atoms with Crippen LogP contribution >= 0.6 is 47.1 Å². The Morgan fingerprint density at radius 3 is 2.65 bits per heavy atom. The first-order valence-corrected chi connectivity index (χ1v) is 11.9. The summed E-state index contributed by atoms with van der Waals surface area (Å²) in [6.07, 6.45) is 2.45. The zero-order valence-corrected chi connectivity index (χ0v) is 20.3. The Bertz CT molecular complexity index is 685. The summed E-state index contributed by atoms with van der Waals surface area (Å²) in [5.74, 6) is 1.95. The van der Waals surface area contributed by atoms with Crippen LogP contribution in [-0.4, -0.2) is 51.1 Å². The van der Waals surface area contributed by atoms with Crippen molar-refractivity contribution >= 4 is 63.1 Å². The molecule has 0 spiro atoms.